The highest BCUT2D eigenvalue weighted by molar-refractivity contribution is 7.92. The second-order valence-electron chi connectivity index (χ2n) is 2.19. The van der Waals surface area contributed by atoms with Crippen LogP contribution in [0.5, 0.6) is 0 Å². The zero-order valence-corrected chi connectivity index (χ0v) is 6.74. The minimum Gasteiger partial charge on any atom is -0.274 e. The molecule has 2 N–H and O–H groups in total. The maximum atomic E-state index is 11.1. The van der Waals surface area contributed by atoms with Crippen LogP contribution in [-0.4, -0.2) is 31.0 Å². The van der Waals surface area contributed by atoms with Crippen LogP contribution in [0.2, 0.25) is 0 Å². The van der Waals surface area contributed by atoms with Crippen LogP contribution in [0, 0.1) is 12.3 Å². The predicted molar refractivity (Wildman–Crippen MR) is 38.1 cm³/mol. The molecule has 6 nitrogen and oxygen atoms in total. The third-order valence-corrected chi connectivity index (χ3v) is 3.18. The first-order chi connectivity index (χ1) is 5.61. The molecule has 1 heterocycles. The van der Waals surface area contributed by atoms with E-state index in [-0.39, 0.29) is 5.88 Å². The molecule has 1 aliphatic heterocycles. The molecule has 0 aliphatic carbocycles. The summed E-state index contributed by atoms with van der Waals surface area (Å²) in [5, 5.41) is 12.5. The van der Waals surface area contributed by atoms with Gasteiger partial charge in [-0.05, 0) is 0 Å². The third kappa shape index (κ3) is 1.57. The number of hydrogen-bond donors (Lipinski definition) is 2. The SMILES string of the molecule is C#C[C@H]1[C@@H](OOO)NCS1(=O)=O. The van der Waals surface area contributed by atoms with Gasteiger partial charge in [-0.15, -0.1) is 6.42 Å². The van der Waals surface area contributed by atoms with Gasteiger partial charge >= 0.3 is 0 Å². The lowest BCUT2D eigenvalue weighted by molar-refractivity contribution is -0.507. The average Bonchev–Trinajstić information content (AvgIpc) is 2.27. The van der Waals surface area contributed by atoms with Crippen molar-refractivity contribution >= 4 is 9.84 Å². The molecule has 1 aliphatic rings. The molecule has 0 unspecified atom stereocenters. The van der Waals surface area contributed by atoms with Gasteiger partial charge in [0.15, 0.2) is 21.3 Å². The van der Waals surface area contributed by atoms with Crippen molar-refractivity contribution in [3.8, 4) is 12.3 Å². The van der Waals surface area contributed by atoms with E-state index in [1.807, 2.05) is 5.92 Å². The molecule has 68 valence electrons. The molecule has 0 saturated carbocycles. The van der Waals surface area contributed by atoms with Gasteiger partial charge in [0.05, 0.1) is 0 Å². The van der Waals surface area contributed by atoms with Gasteiger partial charge in [0.2, 0.25) is 0 Å². The van der Waals surface area contributed by atoms with Gasteiger partial charge in [0.1, 0.15) is 5.88 Å². The minimum atomic E-state index is -3.37. The van der Waals surface area contributed by atoms with E-state index in [0.717, 1.165) is 0 Å². The van der Waals surface area contributed by atoms with Gasteiger partial charge in [0.25, 0.3) is 0 Å². The van der Waals surface area contributed by atoms with E-state index < -0.39 is 21.3 Å². The van der Waals surface area contributed by atoms with Crippen LogP contribution in [0.15, 0.2) is 0 Å². The normalized spacial score (nSPS) is 33.0. The maximum Gasteiger partial charge on any atom is 0.181 e. The first kappa shape index (κ1) is 9.44. The van der Waals surface area contributed by atoms with Crippen molar-refractivity contribution in [1.82, 2.24) is 5.32 Å². The number of hydrogen-bond acceptors (Lipinski definition) is 6. The highest BCUT2D eigenvalue weighted by atomic mass is 32.2. The summed E-state index contributed by atoms with van der Waals surface area (Å²) < 4.78 is 22.1. The molecule has 12 heavy (non-hydrogen) atoms. The molecule has 1 saturated heterocycles. The Balaban J connectivity index is 2.79. The van der Waals surface area contributed by atoms with Crippen molar-refractivity contribution in [2.75, 3.05) is 5.88 Å². The molecule has 0 bridgehead atoms. The van der Waals surface area contributed by atoms with Crippen LogP contribution < -0.4 is 5.32 Å². The van der Waals surface area contributed by atoms with Crippen LogP contribution >= 0.6 is 0 Å². The molecule has 0 aromatic rings. The summed E-state index contributed by atoms with van der Waals surface area (Å²) in [7, 11) is -3.37. The Morgan fingerprint density at radius 3 is 2.83 bits per heavy atom. The fourth-order valence-corrected chi connectivity index (χ4v) is 2.21. The Bertz CT molecular complexity index is 291. The number of rotatable bonds is 2. The molecule has 1 fully saturated rings. The lowest BCUT2D eigenvalue weighted by Crippen LogP contribution is -2.33. The minimum absolute atomic E-state index is 0.282. The quantitative estimate of drug-likeness (QED) is 0.322. The number of sulfone groups is 1. The highest BCUT2D eigenvalue weighted by Crippen LogP contribution is 2.14. The van der Waals surface area contributed by atoms with Gasteiger partial charge in [-0.3, -0.25) is 5.32 Å². The van der Waals surface area contributed by atoms with Crippen LogP contribution in [0.3, 0.4) is 0 Å². The smallest absolute Gasteiger partial charge is 0.181 e. The summed E-state index contributed by atoms with van der Waals surface area (Å²) in [6.07, 6.45) is 3.93. The summed E-state index contributed by atoms with van der Waals surface area (Å²) in [5.41, 5.74) is 0. The molecule has 1 rings (SSSR count). The van der Waals surface area contributed by atoms with Crippen molar-refractivity contribution in [1.29, 1.82) is 0 Å². The number of nitrogens with one attached hydrogen (secondary N) is 1. The first-order valence-corrected chi connectivity index (χ1v) is 4.71. The molecular formula is C5H7NO5S. The molecule has 7 heteroatoms. The highest BCUT2D eigenvalue weighted by Gasteiger charge is 2.40. The Morgan fingerprint density at radius 2 is 2.33 bits per heavy atom. The van der Waals surface area contributed by atoms with E-state index in [0.29, 0.717) is 0 Å². The Hall–Kier alpha value is -0.650. The van der Waals surface area contributed by atoms with E-state index >= 15 is 0 Å². The van der Waals surface area contributed by atoms with Crippen LogP contribution in [0.1, 0.15) is 0 Å². The number of terminal acetylenes is 1. The second-order valence-corrected chi connectivity index (χ2v) is 4.31. The predicted octanol–water partition coefficient (Wildman–Crippen LogP) is -1.29. The maximum absolute atomic E-state index is 11.1. The zero-order chi connectivity index (χ0) is 9.19. The van der Waals surface area contributed by atoms with Gasteiger partial charge in [-0.2, -0.15) is 4.89 Å². The first-order valence-electron chi connectivity index (χ1n) is 3.00. The van der Waals surface area contributed by atoms with E-state index in [9.17, 15) is 8.42 Å². The fourth-order valence-electron chi connectivity index (χ4n) is 0.905. The van der Waals surface area contributed by atoms with Crippen LogP contribution in [0.4, 0.5) is 0 Å². The van der Waals surface area contributed by atoms with Crippen LogP contribution in [-0.2, 0) is 19.8 Å². The average molecular weight is 193 g/mol. The zero-order valence-electron chi connectivity index (χ0n) is 5.93. The largest absolute Gasteiger partial charge is 0.274 e. The van der Waals surface area contributed by atoms with Gasteiger partial charge < -0.3 is 0 Å². The lowest BCUT2D eigenvalue weighted by Gasteiger charge is -2.08. The molecule has 0 aromatic carbocycles. The second kappa shape index (κ2) is 3.38. The summed E-state index contributed by atoms with van der Waals surface area (Å²) in [6.45, 7) is 0. The van der Waals surface area contributed by atoms with Gasteiger partial charge in [-0.1, -0.05) is 11.0 Å². The van der Waals surface area contributed by atoms with Gasteiger partial charge in [0, 0.05) is 0 Å². The lowest BCUT2D eigenvalue weighted by atomic mass is 10.4. The molecule has 2 atom stereocenters. The van der Waals surface area contributed by atoms with Crippen molar-refractivity contribution in [2.24, 2.45) is 0 Å². The molecule has 0 aromatic heterocycles. The molecular weight excluding hydrogens is 186 g/mol. The van der Waals surface area contributed by atoms with E-state index in [2.05, 4.69) is 15.2 Å². The summed E-state index contributed by atoms with van der Waals surface area (Å²) in [4.78, 5) is 4.16. The van der Waals surface area contributed by atoms with Crippen molar-refractivity contribution < 1.29 is 23.6 Å². The van der Waals surface area contributed by atoms with Crippen molar-refractivity contribution in [3.63, 3.8) is 0 Å². The molecule has 0 spiro atoms. The van der Waals surface area contributed by atoms with E-state index in [1.54, 1.807) is 0 Å². The monoisotopic (exact) mass is 193 g/mol. The summed E-state index contributed by atoms with van der Waals surface area (Å²) in [5.74, 6) is 1.74. The summed E-state index contributed by atoms with van der Waals surface area (Å²) in [6, 6.07) is 0. The Kier molecular flexibility index (Phi) is 2.66. The Labute approximate surface area is 69.2 Å². The third-order valence-electron chi connectivity index (χ3n) is 1.46. The van der Waals surface area contributed by atoms with E-state index in [1.165, 1.54) is 0 Å². The molecule has 0 radical (unpaired) electrons. The van der Waals surface area contributed by atoms with Gasteiger partial charge in [-0.25, -0.2) is 13.7 Å². The van der Waals surface area contributed by atoms with Crippen molar-refractivity contribution in [2.45, 2.75) is 11.5 Å². The van der Waals surface area contributed by atoms with Crippen molar-refractivity contribution in [3.05, 3.63) is 0 Å². The Morgan fingerprint density at radius 1 is 1.67 bits per heavy atom. The fraction of sp³-hybridized carbons (Fsp3) is 0.600. The molecule has 0 amide bonds. The topological polar surface area (TPSA) is 84.9 Å². The summed E-state index contributed by atoms with van der Waals surface area (Å²) >= 11 is 0. The van der Waals surface area contributed by atoms with Crippen LogP contribution in [0.25, 0.3) is 0 Å². The van der Waals surface area contributed by atoms with E-state index in [4.69, 9.17) is 11.7 Å². The standard InChI is InChI=1S/C5H7NO5S/c1-2-4-5(10-11-7)6-3-12(4,8)9/h1,4-7H,3H2/t4-,5+/m0/s1.